The van der Waals surface area contributed by atoms with Crippen LogP contribution in [-0.4, -0.2) is 64.9 Å². The summed E-state index contributed by atoms with van der Waals surface area (Å²) in [6, 6.07) is 7.91. The number of ether oxygens (including phenoxy) is 1. The normalized spacial score (nSPS) is 20.4. The molecule has 150 valence electrons. The Morgan fingerprint density at radius 2 is 2.00 bits per heavy atom. The Morgan fingerprint density at radius 1 is 1.21 bits per heavy atom. The molecule has 1 saturated heterocycles. The van der Waals surface area contributed by atoms with Crippen LogP contribution < -0.4 is 0 Å². The Labute approximate surface area is 164 Å². The Balaban J connectivity index is 1.74. The molecular formula is C19H25N5O3S. The smallest absolute Gasteiger partial charge is 0.214 e. The highest BCUT2D eigenvalue weighted by Gasteiger charge is 2.36. The Bertz CT molecular complexity index is 1090. The number of hydrogen-bond donors (Lipinski definition) is 0. The van der Waals surface area contributed by atoms with E-state index in [2.05, 4.69) is 16.5 Å². The van der Waals surface area contributed by atoms with Crippen molar-refractivity contribution in [2.75, 3.05) is 33.1 Å². The minimum absolute atomic E-state index is 0.0481. The predicted octanol–water partition coefficient (Wildman–Crippen LogP) is 2.00. The number of aryl methyl sites for hydroxylation is 1. The van der Waals surface area contributed by atoms with Crippen molar-refractivity contribution < 1.29 is 13.2 Å². The number of sulfonamides is 1. The minimum Gasteiger partial charge on any atom is -0.379 e. The molecule has 0 unspecified atom stereocenters. The second kappa shape index (κ2) is 7.31. The van der Waals surface area contributed by atoms with Crippen molar-refractivity contribution in [2.45, 2.75) is 19.5 Å². The van der Waals surface area contributed by atoms with Gasteiger partial charge in [-0.1, -0.05) is 12.1 Å². The molecule has 2 aromatic heterocycles. The third kappa shape index (κ3) is 3.23. The van der Waals surface area contributed by atoms with Crippen LogP contribution in [0, 0.1) is 5.92 Å². The predicted molar refractivity (Wildman–Crippen MR) is 107 cm³/mol. The second-order valence-electron chi connectivity index (χ2n) is 7.25. The van der Waals surface area contributed by atoms with Gasteiger partial charge in [0.05, 0.1) is 36.0 Å². The summed E-state index contributed by atoms with van der Waals surface area (Å²) in [4.78, 5) is 9.36. The lowest BCUT2D eigenvalue weighted by Gasteiger charge is -2.22. The number of hydrogen-bond acceptors (Lipinski definition) is 5. The Morgan fingerprint density at radius 3 is 2.75 bits per heavy atom. The summed E-state index contributed by atoms with van der Waals surface area (Å²) in [5.41, 5.74) is 1.98. The molecule has 0 N–H and O–H groups in total. The van der Waals surface area contributed by atoms with Crippen LogP contribution in [0.15, 0.2) is 36.7 Å². The zero-order valence-corrected chi connectivity index (χ0v) is 17.1. The van der Waals surface area contributed by atoms with Crippen LogP contribution in [0.1, 0.15) is 13.0 Å². The Kier molecular flexibility index (Phi) is 4.98. The molecule has 0 saturated carbocycles. The third-order valence-corrected chi connectivity index (χ3v) is 7.30. The lowest BCUT2D eigenvalue weighted by molar-refractivity contribution is 0.182. The lowest BCUT2D eigenvalue weighted by Crippen LogP contribution is -2.32. The van der Waals surface area contributed by atoms with Gasteiger partial charge in [-0.2, -0.15) is 0 Å². The molecule has 1 aliphatic heterocycles. The lowest BCUT2D eigenvalue weighted by atomic mass is 10.1. The van der Waals surface area contributed by atoms with Gasteiger partial charge in [-0.05, 0) is 19.1 Å². The maximum atomic E-state index is 12.4. The summed E-state index contributed by atoms with van der Waals surface area (Å²) in [7, 11) is -0.194. The summed E-state index contributed by atoms with van der Waals surface area (Å²) >= 11 is 0. The summed E-state index contributed by atoms with van der Waals surface area (Å²) in [5.74, 6) is 1.43. The van der Waals surface area contributed by atoms with E-state index in [0.29, 0.717) is 13.2 Å². The standard InChI is InChI=1S/C19H25N5O3S/c1-4-23-16-8-6-5-7-15(16)21-19(23)18-20-9-10-24(18)17-12-27-11-14(17)13-28(25,26)22(2)3/h5-10,14,17H,4,11-13H2,1-3H3/t14-,17+/m0/s1. The topological polar surface area (TPSA) is 82.2 Å². The molecule has 28 heavy (non-hydrogen) atoms. The van der Waals surface area contributed by atoms with E-state index in [1.807, 2.05) is 35.0 Å². The first-order chi connectivity index (χ1) is 13.4. The quantitative estimate of drug-likeness (QED) is 0.629. The Hall–Kier alpha value is -2.23. The van der Waals surface area contributed by atoms with Gasteiger partial charge in [-0.3, -0.25) is 0 Å². The summed E-state index contributed by atoms with van der Waals surface area (Å²) < 4.78 is 35.9. The zero-order valence-electron chi connectivity index (χ0n) is 16.3. The van der Waals surface area contributed by atoms with Crippen molar-refractivity contribution in [3.8, 4) is 11.6 Å². The van der Waals surface area contributed by atoms with Gasteiger partial charge >= 0.3 is 0 Å². The van der Waals surface area contributed by atoms with Gasteiger partial charge in [0.2, 0.25) is 10.0 Å². The number of nitrogens with zero attached hydrogens (tertiary/aromatic N) is 5. The molecule has 2 atom stereocenters. The molecule has 0 radical (unpaired) electrons. The van der Waals surface area contributed by atoms with E-state index < -0.39 is 10.0 Å². The number of aromatic nitrogens is 4. The van der Waals surface area contributed by atoms with Crippen molar-refractivity contribution >= 4 is 21.1 Å². The SMILES string of the molecule is CCn1c(-c2nccn2[C@@H]2COC[C@H]2CS(=O)(=O)N(C)C)nc2ccccc21. The van der Waals surface area contributed by atoms with E-state index in [1.54, 1.807) is 20.3 Å². The molecule has 3 aromatic rings. The molecule has 1 aliphatic rings. The molecular weight excluding hydrogens is 378 g/mol. The summed E-state index contributed by atoms with van der Waals surface area (Å²) in [6.45, 7) is 3.72. The van der Waals surface area contributed by atoms with Crippen molar-refractivity contribution in [3.63, 3.8) is 0 Å². The molecule has 4 rings (SSSR count). The van der Waals surface area contributed by atoms with Crippen LogP contribution in [0.2, 0.25) is 0 Å². The number of rotatable bonds is 6. The van der Waals surface area contributed by atoms with Crippen LogP contribution in [0.25, 0.3) is 22.7 Å². The first-order valence-electron chi connectivity index (χ1n) is 9.38. The first-order valence-corrected chi connectivity index (χ1v) is 11.0. The van der Waals surface area contributed by atoms with Crippen molar-refractivity contribution in [3.05, 3.63) is 36.7 Å². The molecule has 0 spiro atoms. The van der Waals surface area contributed by atoms with Crippen LogP contribution in [0.4, 0.5) is 0 Å². The van der Waals surface area contributed by atoms with Crippen LogP contribution >= 0.6 is 0 Å². The van der Waals surface area contributed by atoms with E-state index in [9.17, 15) is 8.42 Å². The highest BCUT2D eigenvalue weighted by Crippen LogP contribution is 2.32. The van der Waals surface area contributed by atoms with E-state index in [0.717, 1.165) is 29.2 Å². The van der Waals surface area contributed by atoms with E-state index in [1.165, 1.54) is 4.31 Å². The van der Waals surface area contributed by atoms with E-state index in [4.69, 9.17) is 9.72 Å². The summed E-state index contributed by atoms with van der Waals surface area (Å²) in [6.07, 6.45) is 3.63. The van der Waals surface area contributed by atoms with Crippen LogP contribution in [-0.2, 0) is 21.3 Å². The highest BCUT2D eigenvalue weighted by atomic mass is 32.2. The molecule has 3 heterocycles. The first kappa shape index (κ1) is 19.1. The molecule has 9 heteroatoms. The van der Waals surface area contributed by atoms with Gasteiger partial charge in [0.1, 0.15) is 0 Å². The van der Waals surface area contributed by atoms with Gasteiger partial charge in [0.15, 0.2) is 11.6 Å². The van der Waals surface area contributed by atoms with Crippen molar-refractivity contribution in [1.82, 2.24) is 23.4 Å². The van der Waals surface area contributed by atoms with Gasteiger partial charge in [-0.15, -0.1) is 0 Å². The average molecular weight is 404 g/mol. The number of benzene rings is 1. The van der Waals surface area contributed by atoms with Gasteiger partial charge in [0, 0.05) is 39.0 Å². The second-order valence-corrected chi connectivity index (χ2v) is 9.48. The molecule has 1 fully saturated rings. The van der Waals surface area contributed by atoms with Gasteiger partial charge in [0.25, 0.3) is 0 Å². The fourth-order valence-electron chi connectivity index (χ4n) is 3.79. The molecule has 1 aromatic carbocycles. The van der Waals surface area contributed by atoms with E-state index in [-0.39, 0.29) is 17.7 Å². The van der Waals surface area contributed by atoms with Crippen LogP contribution in [0.3, 0.4) is 0 Å². The fourth-order valence-corrected chi connectivity index (χ4v) is 4.95. The number of imidazole rings is 2. The molecule has 8 nitrogen and oxygen atoms in total. The fraction of sp³-hybridized carbons (Fsp3) is 0.474. The van der Waals surface area contributed by atoms with Gasteiger partial charge in [-0.25, -0.2) is 22.7 Å². The summed E-state index contributed by atoms with van der Waals surface area (Å²) in [5, 5.41) is 0. The third-order valence-electron chi connectivity index (χ3n) is 5.34. The van der Waals surface area contributed by atoms with Crippen molar-refractivity contribution in [2.24, 2.45) is 5.92 Å². The minimum atomic E-state index is -3.32. The maximum absolute atomic E-state index is 12.4. The largest absolute Gasteiger partial charge is 0.379 e. The number of fused-ring (bicyclic) bond motifs is 1. The molecule has 0 aliphatic carbocycles. The van der Waals surface area contributed by atoms with Gasteiger partial charge < -0.3 is 13.9 Å². The molecule has 0 bridgehead atoms. The average Bonchev–Trinajstić information content (AvgIpc) is 3.38. The number of para-hydroxylation sites is 2. The van der Waals surface area contributed by atoms with E-state index >= 15 is 0 Å². The zero-order chi connectivity index (χ0) is 19.9. The maximum Gasteiger partial charge on any atom is 0.214 e. The van der Waals surface area contributed by atoms with Crippen LogP contribution in [0.5, 0.6) is 0 Å². The van der Waals surface area contributed by atoms with Crippen molar-refractivity contribution in [1.29, 1.82) is 0 Å². The molecule has 0 amide bonds. The monoisotopic (exact) mass is 403 g/mol. The highest BCUT2D eigenvalue weighted by molar-refractivity contribution is 7.89.